The van der Waals surface area contributed by atoms with Crippen molar-refractivity contribution in [3.8, 4) is 11.4 Å². The Morgan fingerprint density at radius 2 is 2.04 bits per heavy atom. The number of carbonyl (C=O) groups is 1. The highest BCUT2D eigenvalue weighted by molar-refractivity contribution is 5.90. The van der Waals surface area contributed by atoms with E-state index in [9.17, 15) is 4.79 Å². The van der Waals surface area contributed by atoms with Gasteiger partial charge < -0.3 is 9.47 Å². The Morgan fingerprint density at radius 1 is 1.26 bits per heavy atom. The van der Waals surface area contributed by atoms with Crippen LogP contribution in [0.1, 0.15) is 18.0 Å². The van der Waals surface area contributed by atoms with Crippen molar-refractivity contribution in [2.24, 2.45) is 0 Å². The molecule has 0 radical (unpaired) electrons. The number of benzene rings is 1. The van der Waals surface area contributed by atoms with Gasteiger partial charge in [-0.3, -0.25) is 0 Å². The molecule has 0 amide bonds. The summed E-state index contributed by atoms with van der Waals surface area (Å²) in [6.07, 6.45) is 8.16. The Morgan fingerprint density at radius 3 is 2.74 bits per heavy atom. The zero-order valence-corrected chi connectivity index (χ0v) is 13.0. The van der Waals surface area contributed by atoms with Crippen molar-refractivity contribution >= 4 is 5.97 Å². The zero-order valence-electron chi connectivity index (χ0n) is 13.0. The first-order valence-corrected chi connectivity index (χ1v) is 7.24. The maximum absolute atomic E-state index is 11.9. The molecule has 1 aromatic carbocycles. The minimum Gasteiger partial charge on any atom is -0.497 e. The van der Waals surface area contributed by atoms with Gasteiger partial charge >= 0.3 is 5.97 Å². The molecule has 1 heterocycles. The van der Waals surface area contributed by atoms with Crippen molar-refractivity contribution in [2.45, 2.75) is 12.3 Å². The third kappa shape index (κ3) is 3.01. The Kier molecular flexibility index (Phi) is 4.23. The first-order valence-electron chi connectivity index (χ1n) is 7.24. The first-order chi connectivity index (χ1) is 11.2. The van der Waals surface area contributed by atoms with Gasteiger partial charge in [-0.1, -0.05) is 23.4 Å². The molecule has 0 bridgehead atoms. The van der Waals surface area contributed by atoms with Crippen molar-refractivity contribution in [3.05, 3.63) is 60.0 Å². The number of aromatic nitrogens is 3. The average Bonchev–Trinajstić information content (AvgIpc) is 3.11. The van der Waals surface area contributed by atoms with Crippen LogP contribution in [0.4, 0.5) is 0 Å². The van der Waals surface area contributed by atoms with Crippen molar-refractivity contribution in [3.63, 3.8) is 0 Å². The van der Waals surface area contributed by atoms with E-state index in [1.54, 1.807) is 17.9 Å². The fourth-order valence-corrected chi connectivity index (χ4v) is 2.54. The Labute approximate surface area is 134 Å². The van der Waals surface area contributed by atoms with E-state index < -0.39 is 0 Å². The summed E-state index contributed by atoms with van der Waals surface area (Å²) in [5, 5.41) is 8.38. The number of methoxy groups -OCH3 is 2. The summed E-state index contributed by atoms with van der Waals surface area (Å²) in [5.41, 5.74) is 2.21. The number of allylic oxidation sites excluding steroid dienone is 3. The molecule has 2 aromatic rings. The molecule has 0 saturated heterocycles. The summed E-state index contributed by atoms with van der Waals surface area (Å²) < 4.78 is 11.7. The molecule has 6 heteroatoms. The van der Waals surface area contributed by atoms with Gasteiger partial charge in [0.2, 0.25) is 0 Å². The Bertz CT molecular complexity index is 760. The second-order valence-electron chi connectivity index (χ2n) is 5.12. The fourth-order valence-electron chi connectivity index (χ4n) is 2.54. The Hall–Kier alpha value is -2.89. The quantitative estimate of drug-likeness (QED) is 0.811. The molecule has 1 aliphatic carbocycles. The maximum atomic E-state index is 11.9. The fraction of sp³-hybridized carbons (Fsp3) is 0.235. The molecule has 1 aromatic heterocycles. The van der Waals surface area contributed by atoms with Crippen molar-refractivity contribution in [1.82, 2.24) is 15.0 Å². The molecule has 0 spiro atoms. The lowest BCUT2D eigenvalue weighted by molar-refractivity contribution is -0.136. The molecule has 1 atom stereocenters. The van der Waals surface area contributed by atoms with Gasteiger partial charge in [-0.2, -0.15) is 0 Å². The highest BCUT2D eigenvalue weighted by Crippen LogP contribution is 2.30. The predicted octanol–water partition coefficient (Wildman–Crippen LogP) is 2.42. The van der Waals surface area contributed by atoms with E-state index in [4.69, 9.17) is 9.47 Å². The smallest absolute Gasteiger partial charge is 0.334 e. The Balaban J connectivity index is 1.87. The number of esters is 1. The topological polar surface area (TPSA) is 66.2 Å². The van der Waals surface area contributed by atoms with Crippen molar-refractivity contribution < 1.29 is 14.3 Å². The summed E-state index contributed by atoms with van der Waals surface area (Å²) in [4.78, 5) is 11.9. The molecule has 118 valence electrons. The summed E-state index contributed by atoms with van der Waals surface area (Å²) in [7, 11) is 3.01. The average molecular weight is 311 g/mol. The van der Waals surface area contributed by atoms with Gasteiger partial charge in [0.05, 0.1) is 31.8 Å². The van der Waals surface area contributed by atoms with E-state index in [0.717, 1.165) is 17.1 Å². The van der Waals surface area contributed by atoms with Gasteiger partial charge in [-0.05, 0) is 30.7 Å². The zero-order chi connectivity index (χ0) is 16.2. The highest BCUT2D eigenvalue weighted by Gasteiger charge is 2.26. The van der Waals surface area contributed by atoms with Crippen molar-refractivity contribution in [1.29, 1.82) is 0 Å². The van der Waals surface area contributed by atoms with E-state index >= 15 is 0 Å². The molecule has 3 rings (SSSR count). The number of ether oxygens (including phenoxy) is 2. The summed E-state index contributed by atoms with van der Waals surface area (Å²) >= 11 is 0. The number of rotatable bonds is 4. The first kappa shape index (κ1) is 15.0. The van der Waals surface area contributed by atoms with Gasteiger partial charge in [-0.25, -0.2) is 9.48 Å². The van der Waals surface area contributed by atoms with E-state index in [1.807, 2.05) is 42.6 Å². The molecular weight excluding hydrogens is 294 g/mol. The van der Waals surface area contributed by atoms with Crippen LogP contribution in [0.25, 0.3) is 5.69 Å². The van der Waals surface area contributed by atoms with Crippen molar-refractivity contribution in [2.75, 3.05) is 14.2 Å². The molecular formula is C17H17N3O3. The van der Waals surface area contributed by atoms with E-state index in [0.29, 0.717) is 12.0 Å². The van der Waals surface area contributed by atoms with Crippen LogP contribution in [0.3, 0.4) is 0 Å². The summed E-state index contributed by atoms with van der Waals surface area (Å²) in [6, 6.07) is 7.52. The number of carbonyl (C=O) groups excluding carboxylic acids is 1. The summed E-state index contributed by atoms with van der Waals surface area (Å²) in [6.45, 7) is 0. The van der Waals surface area contributed by atoms with Crippen LogP contribution in [-0.2, 0) is 9.53 Å². The molecule has 23 heavy (non-hydrogen) atoms. The van der Waals surface area contributed by atoms with Crippen LogP contribution in [0.2, 0.25) is 0 Å². The van der Waals surface area contributed by atoms with Crippen LogP contribution in [0.15, 0.2) is 54.3 Å². The SMILES string of the molecule is COC(=O)C1=CC=CCC1c1cn(-c2ccc(OC)cc2)nn1. The van der Waals surface area contributed by atoms with Crippen LogP contribution in [0.5, 0.6) is 5.75 Å². The van der Waals surface area contributed by atoms with E-state index in [-0.39, 0.29) is 11.9 Å². The van der Waals surface area contributed by atoms with Gasteiger partial charge in [0.1, 0.15) is 5.75 Å². The van der Waals surface area contributed by atoms with Gasteiger partial charge in [0.15, 0.2) is 0 Å². The second kappa shape index (κ2) is 6.48. The number of hydrogen-bond acceptors (Lipinski definition) is 5. The lowest BCUT2D eigenvalue weighted by Crippen LogP contribution is -2.15. The lowest BCUT2D eigenvalue weighted by Gasteiger charge is -2.17. The minimum absolute atomic E-state index is 0.139. The standard InChI is InChI=1S/C17H17N3O3/c1-22-13-9-7-12(8-10-13)20-11-16(18-19-20)14-5-3-4-6-15(14)17(21)23-2/h3-4,6-11,14H,5H2,1-2H3. The highest BCUT2D eigenvalue weighted by atomic mass is 16.5. The molecule has 0 N–H and O–H groups in total. The second-order valence-corrected chi connectivity index (χ2v) is 5.12. The maximum Gasteiger partial charge on any atom is 0.334 e. The molecule has 6 nitrogen and oxygen atoms in total. The van der Waals surface area contributed by atoms with Gasteiger partial charge in [0, 0.05) is 11.5 Å². The van der Waals surface area contributed by atoms with Crippen LogP contribution < -0.4 is 4.74 Å². The molecule has 1 unspecified atom stereocenters. The van der Waals surface area contributed by atoms with Gasteiger partial charge in [-0.15, -0.1) is 5.10 Å². The van der Waals surface area contributed by atoms with Gasteiger partial charge in [0.25, 0.3) is 0 Å². The third-order valence-electron chi connectivity index (χ3n) is 3.79. The van der Waals surface area contributed by atoms with E-state index in [1.165, 1.54) is 7.11 Å². The monoisotopic (exact) mass is 311 g/mol. The normalized spacial score (nSPS) is 16.8. The lowest BCUT2D eigenvalue weighted by atomic mass is 9.89. The number of hydrogen-bond donors (Lipinski definition) is 0. The molecule has 0 saturated carbocycles. The summed E-state index contributed by atoms with van der Waals surface area (Å²) in [5.74, 6) is 0.306. The van der Waals surface area contributed by atoms with Crippen LogP contribution >= 0.6 is 0 Å². The molecule has 1 aliphatic rings. The predicted molar refractivity (Wildman–Crippen MR) is 84.5 cm³/mol. The third-order valence-corrected chi connectivity index (χ3v) is 3.79. The van der Waals surface area contributed by atoms with E-state index in [2.05, 4.69) is 10.3 Å². The minimum atomic E-state index is -0.335. The molecule has 0 fully saturated rings. The molecule has 0 aliphatic heterocycles. The number of nitrogens with zero attached hydrogens (tertiary/aromatic N) is 3. The van der Waals surface area contributed by atoms with Crippen LogP contribution in [0, 0.1) is 0 Å². The van der Waals surface area contributed by atoms with Crippen LogP contribution in [-0.4, -0.2) is 35.2 Å². The largest absolute Gasteiger partial charge is 0.497 e.